The zero-order chi connectivity index (χ0) is 15.6. The summed E-state index contributed by atoms with van der Waals surface area (Å²) in [5, 5.41) is 2.82. The summed E-state index contributed by atoms with van der Waals surface area (Å²) in [6.45, 7) is 0. The van der Waals surface area contributed by atoms with Gasteiger partial charge in [0.2, 0.25) is 5.91 Å². The summed E-state index contributed by atoms with van der Waals surface area (Å²) in [4.78, 5) is 37.6. The molecular formula is C12H19N5O3S. The van der Waals surface area contributed by atoms with Crippen molar-refractivity contribution < 1.29 is 4.79 Å². The topological polar surface area (TPSA) is 137 Å². The average Bonchev–Trinajstić information content (AvgIpc) is 2.78. The first kappa shape index (κ1) is 15.8. The normalized spacial score (nSPS) is 25.1. The second-order valence-electron chi connectivity index (χ2n) is 5.33. The van der Waals surface area contributed by atoms with Crippen LogP contribution in [0.15, 0.2) is 14.7 Å². The quantitative estimate of drug-likeness (QED) is 0.468. The number of hydrogen-bond acceptors (Lipinski definition) is 6. The van der Waals surface area contributed by atoms with Gasteiger partial charge in [0.25, 0.3) is 0 Å². The van der Waals surface area contributed by atoms with E-state index in [0.717, 1.165) is 12.8 Å². The molecule has 1 heterocycles. The van der Waals surface area contributed by atoms with Crippen molar-refractivity contribution >= 4 is 17.7 Å². The van der Waals surface area contributed by atoms with Gasteiger partial charge in [-0.15, -0.1) is 0 Å². The monoisotopic (exact) mass is 313 g/mol. The second kappa shape index (κ2) is 6.02. The molecule has 1 fully saturated rings. The minimum Gasteiger partial charge on any atom is -0.368 e. The maximum atomic E-state index is 11.5. The maximum absolute atomic E-state index is 11.5. The summed E-state index contributed by atoms with van der Waals surface area (Å²) in [6.07, 6.45) is 3.09. The van der Waals surface area contributed by atoms with Gasteiger partial charge in [0, 0.05) is 12.8 Å². The SMILES string of the molecule is Cn1[nH]c(=O)c(=O)nc1SCCC1CCCC1(N)C(N)=O. The third-order valence-electron chi connectivity index (χ3n) is 3.98. The molecule has 0 bridgehead atoms. The van der Waals surface area contributed by atoms with Crippen LogP contribution in [0.4, 0.5) is 0 Å². The van der Waals surface area contributed by atoms with Crippen LogP contribution >= 0.6 is 11.8 Å². The molecule has 0 radical (unpaired) electrons. The number of carbonyl (C=O) groups excluding carboxylic acids is 1. The third kappa shape index (κ3) is 3.18. The Morgan fingerprint density at radius 3 is 2.95 bits per heavy atom. The van der Waals surface area contributed by atoms with E-state index in [1.54, 1.807) is 7.05 Å². The number of aromatic amines is 1. The van der Waals surface area contributed by atoms with Crippen LogP contribution in [-0.2, 0) is 11.8 Å². The number of hydrogen-bond donors (Lipinski definition) is 3. The lowest BCUT2D eigenvalue weighted by Crippen LogP contribution is -2.54. The Hall–Kier alpha value is -1.61. The smallest absolute Gasteiger partial charge is 0.339 e. The fraction of sp³-hybridized carbons (Fsp3) is 0.667. The number of aryl methyl sites for hydroxylation is 1. The number of aromatic nitrogens is 3. The van der Waals surface area contributed by atoms with Crippen molar-refractivity contribution in [3.05, 3.63) is 20.7 Å². The Labute approximate surface area is 125 Å². The molecule has 5 N–H and O–H groups in total. The highest BCUT2D eigenvalue weighted by atomic mass is 32.2. The number of primary amides is 1. The van der Waals surface area contributed by atoms with Crippen LogP contribution in [0.5, 0.6) is 0 Å². The minimum atomic E-state index is -0.926. The number of nitrogens with two attached hydrogens (primary N) is 2. The Morgan fingerprint density at radius 1 is 1.57 bits per heavy atom. The highest BCUT2D eigenvalue weighted by Gasteiger charge is 2.43. The number of thioether (sulfide) groups is 1. The van der Waals surface area contributed by atoms with Crippen LogP contribution in [0.3, 0.4) is 0 Å². The van der Waals surface area contributed by atoms with E-state index in [2.05, 4.69) is 10.1 Å². The number of H-pyrrole nitrogens is 1. The van der Waals surface area contributed by atoms with Gasteiger partial charge in [-0.2, -0.15) is 4.98 Å². The zero-order valence-electron chi connectivity index (χ0n) is 11.8. The Balaban J connectivity index is 1.99. The standard InChI is InChI=1S/C12H19N5O3S/c1-17-11(15-8(18)9(19)16-17)21-6-4-7-3-2-5-12(7,14)10(13)20/h7H,2-6,14H2,1H3,(H2,13,20)(H,16,19). The summed E-state index contributed by atoms with van der Waals surface area (Å²) >= 11 is 1.34. The van der Waals surface area contributed by atoms with Crippen LogP contribution in [0.25, 0.3) is 0 Å². The van der Waals surface area contributed by atoms with Crippen LogP contribution in [0.1, 0.15) is 25.7 Å². The average molecular weight is 313 g/mol. The molecule has 1 amide bonds. The number of carbonyl (C=O) groups is 1. The van der Waals surface area contributed by atoms with Crippen molar-refractivity contribution in [2.24, 2.45) is 24.4 Å². The molecule has 1 aliphatic rings. The lowest BCUT2D eigenvalue weighted by atomic mass is 9.85. The van der Waals surface area contributed by atoms with E-state index in [-0.39, 0.29) is 5.92 Å². The molecule has 1 saturated carbocycles. The number of nitrogens with zero attached hydrogens (tertiary/aromatic N) is 2. The summed E-state index contributed by atoms with van der Waals surface area (Å²) in [5.74, 6) is 0.232. The molecule has 0 saturated heterocycles. The van der Waals surface area contributed by atoms with E-state index >= 15 is 0 Å². The van der Waals surface area contributed by atoms with Gasteiger partial charge < -0.3 is 11.5 Å². The molecule has 1 aromatic heterocycles. The minimum absolute atomic E-state index is 0.0438. The molecule has 2 atom stereocenters. The molecule has 116 valence electrons. The summed E-state index contributed by atoms with van der Waals surface area (Å²) in [6, 6.07) is 0. The van der Waals surface area contributed by atoms with Gasteiger partial charge in [-0.3, -0.25) is 24.2 Å². The summed E-state index contributed by atoms with van der Waals surface area (Å²) in [5.41, 5.74) is 9.02. The van der Waals surface area contributed by atoms with Gasteiger partial charge in [0.1, 0.15) is 0 Å². The van der Waals surface area contributed by atoms with Crippen molar-refractivity contribution in [2.45, 2.75) is 36.4 Å². The fourth-order valence-corrected chi connectivity index (χ4v) is 3.68. The van der Waals surface area contributed by atoms with Crippen molar-refractivity contribution in [1.29, 1.82) is 0 Å². The van der Waals surface area contributed by atoms with E-state index in [1.807, 2.05) is 0 Å². The van der Waals surface area contributed by atoms with Crippen molar-refractivity contribution in [1.82, 2.24) is 14.8 Å². The molecule has 8 nitrogen and oxygen atoms in total. The van der Waals surface area contributed by atoms with Gasteiger partial charge in [-0.25, -0.2) is 0 Å². The highest BCUT2D eigenvalue weighted by Crippen LogP contribution is 2.36. The highest BCUT2D eigenvalue weighted by molar-refractivity contribution is 7.99. The zero-order valence-corrected chi connectivity index (χ0v) is 12.6. The number of amides is 1. The molecule has 2 rings (SSSR count). The molecule has 1 aliphatic carbocycles. The molecule has 9 heteroatoms. The van der Waals surface area contributed by atoms with Gasteiger partial charge in [0.05, 0.1) is 5.54 Å². The van der Waals surface area contributed by atoms with Crippen molar-refractivity contribution in [3.8, 4) is 0 Å². The Morgan fingerprint density at radius 2 is 2.29 bits per heavy atom. The predicted octanol–water partition coefficient (Wildman–Crippen LogP) is -1.07. The first-order valence-electron chi connectivity index (χ1n) is 6.73. The summed E-state index contributed by atoms with van der Waals surface area (Å²) < 4.78 is 1.41. The maximum Gasteiger partial charge on any atom is 0.339 e. The lowest BCUT2D eigenvalue weighted by molar-refractivity contribution is -0.124. The molecular weight excluding hydrogens is 294 g/mol. The van der Waals surface area contributed by atoms with Crippen LogP contribution in [0, 0.1) is 5.92 Å². The van der Waals surface area contributed by atoms with Crippen LogP contribution in [0.2, 0.25) is 0 Å². The van der Waals surface area contributed by atoms with E-state index < -0.39 is 22.6 Å². The first-order valence-corrected chi connectivity index (χ1v) is 7.72. The Kier molecular flexibility index (Phi) is 4.52. The Bertz CT molecular complexity index is 655. The number of nitrogens with one attached hydrogen (secondary N) is 1. The van der Waals surface area contributed by atoms with Gasteiger partial charge in [-0.1, -0.05) is 18.2 Å². The second-order valence-corrected chi connectivity index (χ2v) is 6.39. The van der Waals surface area contributed by atoms with Gasteiger partial charge >= 0.3 is 11.1 Å². The molecule has 0 aromatic carbocycles. The van der Waals surface area contributed by atoms with Crippen LogP contribution < -0.4 is 22.6 Å². The first-order chi connectivity index (χ1) is 9.84. The van der Waals surface area contributed by atoms with E-state index in [9.17, 15) is 14.4 Å². The van der Waals surface area contributed by atoms with E-state index in [1.165, 1.54) is 16.4 Å². The van der Waals surface area contributed by atoms with E-state index in [4.69, 9.17) is 11.5 Å². The molecule has 0 aliphatic heterocycles. The molecule has 21 heavy (non-hydrogen) atoms. The fourth-order valence-electron chi connectivity index (χ4n) is 2.71. The van der Waals surface area contributed by atoms with E-state index in [0.29, 0.717) is 23.8 Å². The lowest BCUT2D eigenvalue weighted by Gasteiger charge is -2.27. The largest absolute Gasteiger partial charge is 0.368 e. The third-order valence-corrected chi connectivity index (χ3v) is 5.04. The van der Waals surface area contributed by atoms with Crippen molar-refractivity contribution in [3.63, 3.8) is 0 Å². The summed E-state index contributed by atoms with van der Waals surface area (Å²) in [7, 11) is 1.61. The van der Waals surface area contributed by atoms with Crippen LogP contribution in [-0.4, -0.2) is 32.0 Å². The van der Waals surface area contributed by atoms with Crippen molar-refractivity contribution in [2.75, 3.05) is 5.75 Å². The molecule has 1 aromatic rings. The van der Waals surface area contributed by atoms with Gasteiger partial charge in [0.15, 0.2) is 5.16 Å². The predicted molar refractivity (Wildman–Crippen MR) is 78.9 cm³/mol. The molecule has 0 spiro atoms. The van der Waals surface area contributed by atoms with Gasteiger partial charge in [-0.05, 0) is 25.2 Å². The molecule has 2 unspecified atom stereocenters. The number of rotatable bonds is 5.